The maximum Gasteiger partial charge on any atom is 0.247 e. The Hall–Kier alpha value is -2.28. The van der Waals surface area contributed by atoms with Gasteiger partial charge in [-0.15, -0.1) is 11.3 Å². The monoisotopic (exact) mass is 326 g/mol. The Morgan fingerprint density at radius 1 is 1.13 bits per heavy atom. The summed E-state index contributed by atoms with van der Waals surface area (Å²) in [6.07, 6.45) is 5.83. The van der Waals surface area contributed by atoms with Crippen LogP contribution < -0.4 is 5.32 Å². The van der Waals surface area contributed by atoms with Gasteiger partial charge in [0.05, 0.1) is 16.4 Å². The fraction of sp³-hybridized carbons (Fsp3) is 0.375. The third kappa shape index (κ3) is 3.10. The van der Waals surface area contributed by atoms with Crippen molar-refractivity contribution in [2.75, 3.05) is 11.9 Å². The smallest absolute Gasteiger partial charge is 0.247 e. The average Bonchev–Trinajstić information content (AvgIpc) is 3.22. The zero-order valence-corrected chi connectivity index (χ0v) is 13.6. The molecule has 0 radical (unpaired) electrons. The Kier molecular flexibility index (Phi) is 4.02. The van der Waals surface area contributed by atoms with Crippen LogP contribution in [-0.4, -0.2) is 31.7 Å². The van der Waals surface area contributed by atoms with E-state index < -0.39 is 0 Å². The fourth-order valence-corrected chi connectivity index (χ4v) is 3.99. The second-order valence-electron chi connectivity index (χ2n) is 5.61. The average molecular weight is 326 g/mol. The molecule has 0 atom stereocenters. The van der Waals surface area contributed by atoms with E-state index in [1.165, 1.54) is 34.8 Å². The number of para-hydroxylation sites is 1. The molecule has 1 aliphatic rings. The number of thiazole rings is 1. The highest BCUT2D eigenvalue weighted by Gasteiger charge is 2.15. The van der Waals surface area contributed by atoms with Crippen LogP contribution in [0.4, 0.5) is 5.95 Å². The second-order valence-corrected chi connectivity index (χ2v) is 6.78. The number of rotatable bonds is 5. The van der Waals surface area contributed by atoms with Crippen molar-refractivity contribution < 1.29 is 0 Å². The molecule has 23 heavy (non-hydrogen) atoms. The lowest BCUT2D eigenvalue weighted by Gasteiger charge is -2.06. The van der Waals surface area contributed by atoms with Crippen LogP contribution in [0.2, 0.25) is 0 Å². The Balaban J connectivity index is 1.40. The summed E-state index contributed by atoms with van der Waals surface area (Å²) in [7, 11) is 0. The van der Waals surface area contributed by atoms with Gasteiger partial charge in [-0.25, -0.2) is 4.98 Å². The quantitative estimate of drug-likeness (QED) is 0.780. The number of fused-ring (bicyclic) bond motifs is 1. The number of benzene rings is 1. The first kappa shape index (κ1) is 14.3. The van der Waals surface area contributed by atoms with Gasteiger partial charge in [0.2, 0.25) is 5.95 Å². The van der Waals surface area contributed by atoms with Crippen molar-refractivity contribution >= 4 is 17.3 Å². The van der Waals surface area contributed by atoms with E-state index in [2.05, 4.69) is 20.8 Å². The van der Waals surface area contributed by atoms with Crippen LogP contribution in [0.25, 0.3) is 5.69 Å². The largest absolute Gasteiger partial charge is 0.352 e. The summed E-state index contributed by atoms with van der Waals surface area (Å²) in [6, 6.07) is 9.89. The van der Waals surface area contributed by atoms with E-state index in [0.717, 1.165) is 25.1 Å². The molecule has 7 heteroatoms. The van der Waals surface area contributed by atoms with E-state index in [4.69, 9.17) is 4.98 Å². The molecule has 0 amide bonds. The van der Waals surface area contributed by atoms with Gasteiger partial charge in [0.25, 0.3) is 0 Å². The summed E-state index contributed by atoms with van der Waals surface area (Å²) >= 11 is 1.86. The minimum absolute atomic E-state index is 0.664. The number of hydrogen-bond donors (Lipinski definition) is 1. The highest BCUT2D eigenvalue weighted by atomic mass is 32.1. The number of aryl methyl sites for hydroxylation is 2. The summed E-state index contributed by atoms with van der Waals surface area (Å²) in [5.41, 5.74) is 2.27. The highest BCUT2D eigenvalue weighted by Crippen LogP contribution is 2.26. The molecule has 3 aromatic rings. The minimum atomic E-state index is 0.664. The van der Waals surface area contributed by atoms with Crippen LogP contribution >= 0.6 is 11.3 Å². The van der Waals surface area contributed by atoms with E-state index in [9.17, 15) is 0 Å². The summed E-state index contributed by atoms with van der Waals surface area (Å²) in [5, 5.41) is 16.4. The van der Waals surface area contributed by atoms with Crippen molar-refractivity contribution in [3.05, 3.63) is 45.9 Å². The van der Waals surface area contributed by atoms with Gasteiger partial charge in [-0.1, -0.05) is 23.3 Å². The Morgan fingerprint density at radius 3 is 2.87 bits per heavy atom. The second kappa shape index (κ2) is 6.45. The molecule has 1 aromatic carbocycles. The van der Waals surface area contributed by atoms with Crippen LogP contribution in [0.5, 0.6) is 0 Å². The van der Waals surface area contributed by atoms with Crippen molar-refractivity contribution in [3.8, 4) is 5.69 Å². The lowest BCUT2D eigenvalue weighted by molar-refractivity contribution is 0.680. The zero-order chi connectivity index (χ0) is 15.5. The van der Waals surface area contributed by atoms with E-state index in [1.807, 2.05) is 41.7 Å². The predicted molar refractivity (Wildman–Crippen MR) is 90.1 cm³/mol. The molecule has 0 unspecified atom stereocenters. The third-order valence-corrected chi connectivity index (χ3v) is 5.20. The summed E-state index contributed by atoms with van der Waals surface area (Å²) in [5.74, 6) is 0.664. The molecule has 2 aromatic heterocycles. The lowest BCUT2D eigenvalue weighted by Crippen LogP contribution is -2.10. The molecule has 2 heterocycles. The molecule has 0 fully saturated rings. The van der Waals surface area contributed by atoms with Crippen LogP contribution in [0.1, 0.15) is 28.4 Å². The van der Waals surface area contributed by atoms with Crippen molar-refractivity contribution in [1.29, 1.82) is 0 Å². The van der Waals surface area contributed by atoms with Crippen molar-refractivity contribution in [2.24, 2.45) is 0 Å². The first-order valence-corrected chi connectivity index (χ1v) is 8.77. The van der Waals surface area contributed by atoms with Gasteiger partial charge in [0.1, 0.15) is 0 Å². The molecular weight excluding hydrogens is 308 g/mol. The number of aromatic nitrogens is 5. The van der Waals surface area contributed by atoms with Crippen LogP contribution in [0.3, 0.4) is 0 Å². The topological polar surface area (TPSA) is 68.5 Å². The Labute approximate surface area is 138 Å². The minimum Gasteiger partial charge on any atom is -0.352 e. The van der Waals surface area contributed by atoms with Gasteiger partial charge in [-0.2, -0.15) is 4.68 Å². The molecule has 0 saturated heterocycles. The maximum absolute atomic E-state index is 4.77. The van der Waals surface area contributed by atoms with Crippen LogP contribution in [0.15, 0.2) is 30.3 Å². The summed E-state index contributed by atoms with van der Waals surface area (Å²) < 4.78 is 1.72. The molecule has 1 aliphatic carbocycles. The van der Waals surface area contributed by atoms with Gasteiger partial charge in [0, 0.05) is 17.8 Å². The SMILES string of the molecule is c1ccc(-n2nnnc2NCCc2nc3c(s2)CCCC3)cc1. The van der Waals surface area contributed by atoms with Crippen molar-refractivity contribution in [1.82, 2.24) is 25.2 Å². The van der Waals surface area contributed by atoms with Gasteiger partial charge < -0.3 is 5.32 Å². The van der Waals surface area contributed by atoms with Gasteiger partial charge in [-0.05, 0) is 48.2 Å². The molecule has 118 valence electrons. The van der Waals surface area contributed by atoms with Gasteiger partial charge in [0.15, 0.2) is 0 Å². The molecule has 0 spiro atoms. The lowest BCUT2D eigenvalue weighted by atomic mass is 10.0. The first-order valence-electron chi connectivity index (χ1n) is 7.95. The number of anilines is 1. The zero-order valence-electron chi connectivity index (χ0n) is 12.8. The molecular formula is C16H18N6S. The first-order chi connectivity index (χ1) is 11.4. The molecule has 0 bridgehead atoms. The number of nitrogens with zero attached hydrogens (tertiary/aromatic N) is 5. The summed E-state index contributed by atoms with van der Waals surface area (Å²) in [6.45, 7) is 0.777. The third-order valence-electron chi connectivity index (χ3n) is 3.98. The molecule has 6 nitrogen and oxygen atoms in total. The van der Waals surface area contributed by atoms with Gasteiger partial charge in [-0.3, -0.25) is 0 Å². The van der Waals surface area contributed by atoms with Gasteiger partial charge >= 0.3 is 0 Å². The van der Waals surface area contributed by atoms with E-state index in [-0.39, 0.29) is 0 Å². The number of hydrogen-bond acceptors (Lipinski definition) is 6. The van der Waals surface area contributed by atoms with Crippen LogP contribution in [0, 0.1) is 0 Å². The van der Waals surface area contributed by atoms with E-state index in [1.54, 1.807) is 4.68 Å². The number of nitrogens with one attached hydrogen (secondary N) is 1. The summed E-state index contributed by atoms with van der Waals surface area (Å²) in [4.78, 5) is 6.26. The molecule has 4 rings (SSSR count). The Morgan fingerprint density at radius 2 is 2.00 bits per heavy atom. The normalized spacial score (nSPS) is 13.7. The standard InChI is InChI=1S/C16H18N6S/c1-2-6-12(7-3-1)22-16(19-20-21-22)17-11-10-15-18-13-8-4-5-9-14(13)23-15/h1-3,6-7H,4-5,8-11H2,(H,17,19,21). The molecule has 0 saturated carbocycles. The van der Waals surface area contributed by atoms with Crippen LogP contribution in [-0.2, 0) is 19.3 Å². The van der Waals surface area contributed by atoms with E-state index in [0.29, 0.717) is 5.95 Å². The predicted octanol–water partition coefficient (Wildman–Crippen LogP) is 2.65. The maximum atomic E-state index is 4.77. The van der Waals surface area contributed by atoms with Crippen molar-refractivity contribution in [2.45, 2.75) is 32.1 Å². The highest BCUT2D eigenvalue weighted by molar-refractivity contribution is 7.11. The number of tetrazole rings is 1. The Bertz CT molecular complexity index is 755. The fourth-order valence-electron chi connectivity index (χ4n) is 2.83. The van der Waals surface area contributed by atoms with Crippen molar-refractivity contribution in [3.63, 3.8) is 0 Å². The van der Waals surface area contributed by atoms with E-state index >= 15 is 0 Å². The molecule has 0 aliphatic heterocycles. The molecule has 1 N–H and O–H groups in total.